The third-order valence-electron chi connectivity index (χ3n) is 3.18. The van der Waals surface area contributed by atoms with E-state index in [0.29, 0.717) is 23.0 Å². The Kier molecular flexibility index (Phi) is 6.31. The van der Waals surface area contributed by atoms with Gasteiger partial charge in [-0.25, -0.2) is 4.98 Å². The summed E-state index contributed by atoms with van der Waals surface area (Å²) in [7, 11) is 0. The van der Waals surface area contributed by atoms with E-state index in [0.717, 1.165) is 18.1 Å². The monoisotopic (exact) mass is 346 g/mol. The van der Waals surface area contributed by atoms with Crippen LogP contribution in [0.4, 0.5) is 16.5 Å². The molecule has 2 amide bonds. The molecule has 0 spiro atoms. The van der Waals surface area contributed by atoms with Gasteiger partial charge in [0.25, 0.3) is 5.91 Å². The zero-order valence-electron chi connectivity index (χ0n) is 14.1. The van der Waals surface area contributed by atoms with Crippen molar-refractivity contribution in [3.8, 4) is 0 Å². The first-order valence-corrected chi connectivity index (χ1v) is 8.70. The summed E-state index contributed by atoms with van der Waals surface area (Å²) in [6.07, 6.45) is 1.05. The molecule has 6 nitrogen and oxygen atoms in total. The molecule has 0 aliphatic heterocycles. The number of benzene rings is 1. The van der Waals surface area contributed by atoms with Crippen molar-refractivity contribution < 1.29 is 9.59 Å². The number of aromatic nitrogens is 1. The first-order valence-electron chi connectivity index (χ1n) is 7.82. The second-order valence-electron chi connectivity index (χ2n) is 5.86. The average molecular weight is 346 g/mol. The average Bonchev–Trinajstić information content (AvgIpc) is 2.95. The van der Waals surface area contributed by atoms with Gasteiger partial charge in [-0.1, -0.05) is 19.9 Å². The van der Waals surface area contributed by atoms with Crippen LogP contribution in [0.3, 0.4) is 0 Å². The highest BCUT2D eigenvalue weighted by Crippen LogP contribution is 2.19. The fourth-order valence-corrected chi connectivity index (χ4v) is 2.72. The van der Waals surface area contributed by atoms with Crippen LogP contribution in [0.25, 0.3) is 0 Å². The molecule has 0 atom stereocenters. The van der Waals surface area contributed by atoms with E-state index in [1.54, 1.807) is 29.6 Å². The summed E-state index contributed by atoms with van der Waals surface area (Å²) in [4.78, 5) is 27.6. The molecule has 2 aromatic rings. The van der Waals surface area contributed by atoms with E-state index in [1.807, 2.05) is 0 Å². The van der Waals surface area contributed by atoms with Crippen molar-refractivity contribution in [3.05, 3.63) is 35.3 Å². The number of nitrogens with one attached hydrogen (secondary N) is 3. The van der Waals surface area contributed by atoms with Gasteiger partial charge < -0.3 is 16.0 Å². The van der Waals surface area contributed by atoms with Gasteiger partial charge in [-0.2, -0.15) is 0 Å². The van der Waals surface area contributed by atoms with Crippen molar-refractivity contribution in [2.24, 2.45) is 5.92 Å². The Morgan fingerprint density at radius 2 is 1.92 bits per heavy atom. The minimum absolute atomic E-state index is 0.157. The van der Waals surface area contributed by atoms with E-state index in [4.69, 9.17) is 0 Å². The highest BCUT2D eigenvalue weighted by Gasteiger charge is 2.11. The molecule has 7 heteroatoms. The molecule has 0 aliphatic carbocycles. The maximum Gasteiger partial charge on any atom is 0.275 e. The van der Waals surface area contributed by atoms with Crippen molar-refractivity contribution in [3.63, 3.8) is 0 Å². The number of thiazole rings is 1. The van der Waals surface area contributed by atoms with Crippen molar-refractivity contribution in [2.45, 2.75) is 27.2 Å². The van der Waals surface area contributed by atoms with Crippen LogP contribution in [-0.4, -0.2) is 23.3 Å². The SMILES string of the molecule is CC(=O)Nc1cccc(NC(=O)c2csc(NCCC(C)C)n2)c1. The van der Waals surface area contributed by atoms with E-state index in [-0.39, 0.29) is 11.8 Å². The summed E-state index contributed by atoms with van der Waals surface area (Å²) >= 11 is 1.41. The summed E-state index contributed by atoms with van der Waals surface area (Å²) in [6, 6.07) is 6.99. The van der Waals surface area contributed by atoms with Crippen LogP contribution < -0.4 is 16.0 Å². The second kappa shape index (κ2) is 8.44. The lowest BCUT2D eigenvalue weighted by molar-refractivity contribution is -0.114. The molecule has 0 aliphatic rings. The minimum Gasteiger partial charge on any atom is -0.361 e. The van der Waals surface area contributed by atoms with E-state index < -0.39 is 0 Å². The first kappa shape index (κ1) is 17.9. The lowest BCUT2D eigenvalue weighted by Crippen LogP contribution is -2.13. The number of carbonyl (C=O) groups is 2. The molecule has 0 unspecified atom stereocenters. The van der Waals surface area contributed by atoms with Gasteiger partial charge in [-0.05, 0) is 30.5 Å². The molecule has 3 N–H and O–H groups in total. The van der Waals surface area contributed by atoms with Crippen LogP contribution in [0.5, 0.6) is 0 Å². The summed E-state index contributed by atoms with van der Waals surface area (Å²) in [6.45, 7) is 6.61. The zero-order chi connectivity index (χ0) is 17.5. The predicted molar refractivity (Wildman–Crippen MR) is 98.8 cm³/mol. The number of rotatable bonds is 7. The van der Waals surface area contributed by atoms with Gasteiger partial charge in [0, 0.05) is 30.2 Å². The molecule has 24 heavy (non-hydrogen) atoms. The normalized spacial score (nSPS) is 10.5. The van der Waals surface area contributed by atoms with E-state index in [9.17, 15) is 9.59 Å². The molecular formula is C17H22N4O2S. The van der Waals surface area contributed by atoms with Crippen LogP contribution in [0.15, 0.2) is 29.6 Å². The summed E-state index contributed by atoms with van der Waals surface area (Å²) in [5.41, 5.74) is 1.61. The van der Waals surface area contributed by atoms with Crippen LogP contribution in [0.1, 0.15) is 37.7 Å². The molecular weight excluding hydrogens is 324 g/mol. The highest BCUT2D eigenvalue weighted by atomic mass is 32.1. The molecule has 0 saturated carbocycles. The Bertz CT molecular complexity index is 712. The molecule has 128 valence electrons. The summed E-state index contributed by atoms with van der Waals surface area (Å²) < 4.78 is 0. The molecule has 1 heterocycles. The number of nitrogens with zero attached hydrogens (tertiary/aromatic N) is 1. The van der Waals surface area contributed by atoms with Crippen LogP contribution in [-0.2, 0) is 4.79 Å². The first-order chi connectivity index (χ1) is 11.4. The molecule has 1 aromatic carbocycles. The van der Waals surface area contributed by atoms with E-state index >= 15 is 0 Å². The second-order valence-corrected chi connectivity index (χ2v) is 6.72. The summed E-state index contributed by atoms with van der Waals surface area (Å²) in [5, 5.41) is 11.2. The quantitative estimate of drug-likeness (QED) is 0.712. The van der Waals surface area contributed by atoms with Crippen LogP contribution in [0.2, 0.25) is 0 Å². The van der Waals surface area contributed by atoms with Gasteiger partial charge in [0.1, 0.15) is 5.69 Å². The lowest BCUT2D eigenvalue weighted by Gasteiger charge is -2.07. The predicted octanol–water partition coefficient (Wildman–Crippen LogP) is 3.81. The van der Waals surface area contributed by atoms with Crippen molar-refractivity contribution in [1.29, 1.82) is 0 Å². The molecule has 0 saturated heterocycles. The Labute approximate surface area is 145 Å². The maximum absolute atomic E-state index is 12.3. The molecule has 0 radical (unpaired) electrons. The largest absolute Gasteiger partial charge is 0.361 e. The van der Waals surface area contributed by atoms with Crippen molar-refractivity contribution in [1.82, 2.24) is 4.98 Å². The fraction of sp³-hybridized carbons (Fsp3) is 0.353. The number of anilines is 3. The van der Waals surface area contributed by atoms with Crippen LogP contribution in [0, 0.1) is 5.92 Å². The van der Waals surface area contributed by atoms with Gasteiger partial charge >= 0.3 is 0 Å². The molecule has 2 rings (SSSR count). The Morgan fingerprint density at radius 1 is 1.21 bits per heavy atom. The standard InChI is InChI=1S/C17H22N4O2S/c1-11(2)7-8-18-17-21-15(10-24-17)16(23)20-14-6-4-5-13(9-14)19-12(3)22/h4-6,9-11H,7-8H2,1-3H3,(H,18,21)(H,19,22)(H,20,23). The Hall–Kier alpha value is -2.41. The topological polar surface area (TPSA) is 83.1 Å². The number of hydrogen-bond donors (Lipinski definition) is 3. The smallest absolute Gasteiger partial charge is 0.275 e. The third kappa shape index (κ3) is 5.66. The Morgan fingerprint density at radius 3 is 2.58 bits per heavy atom. The van der Waals surface area contributed by atoms with Gasteiger partial charge in [-0.3, -0.25) is 9.59 Å². The number of amides is 2. The van der Waals surface area contributed by atoms with Crippen molar-refractivity contribution >= 4 is 39.7 Å². The lowest BCUT2D eigenvalue weighted by atomic mass is 10.1. The van der Waals surface area contributed by atoms with Crippen molar-refractivity contribution in [2.75, 3.05) is 22.5 Å². The van der Waals surface area contributed by atoms with Gasteiger partial charge in [0.2, 0.25) is 5.91 Å². The van der Waals surface area contributed by atoms with Gasteiger partial charge in [0.05, 0.1) is 0 Å². The zero-order valence-corrected chi connectivity index (χ0v) is 14.9. The van der Waals surface area contributed by atoms with E-state index in [2.05, 4.69) is 34.8 Å². The molecule has 1 aromatic heterocycles. The van der Waals surface area contributed by atoms with Gasteiger partial charge in [-0.15, -0.1) is 11.3 Å². The van der Waals surface area contributed by atoms with E-state index in [1.165, 1.54) is 18.3 Å². The minimum atomic E-state index is -0.275. The molecule has 0 fully saturated rings. The fourth-order valence-electron chi connectivity index (χ4n) is 2.00. The molecule has 0 bridgehead atoms. The highest BCUT2D eigenvalue weighted by molar-refractivity contribution is 7.13. The third-order valence-corrected chi connectivity index (χ3v) is 3.98. The Balaban J connectivity index is 1.95. The number of carbonyl (C=O) groups excluding carboxylic acids is 2. The summed E-state index contributed by atoms with van der Waals surface area (Å²) in [5.74, 6) is 0.189. The maximum atomic E-state index is 12.3. The van der Waals surface area contributed by atoms with Gasteiger partial charge in [0.15, 0.2) is 5.13 Å². The van der Waals surface area contributed by atoms with Crippen LogP contribution >= 0.6 is 11.3 Å². The number of hydrogen-bond acceptors (Lipinski definition) is 5.